The number of aryl methyl sites for hydroxylation is 3. The number of ether oxygens (including phenoxy) is 2. The molecule has 0 fully saturated rings. The lowest BCUT2D eigenvalue weighted by Gasteiger charge is -2.17. The number of benzene rings is 4. The lowest BCUT2D eigenvalue weighted by Crippen LogP contribution is -2.26. The molecule has 5 rings (SSSR count). The van der Waals surface area contributed by atoms with Gasteiger partial charge in [0.15, 0.2) is 6.61 Å². The number of carboxylic acids is 1. The number of carbonyl (C=O) groups is 3. The van der Waals surface area contributed by atoms with Gasteiger partial charge in [0, 0.05) is 41.4 Å². The summed E-state index contributed by atoms with van der Waals surface area (Å²) >= 11 is 1.35. The van der Waals surface area contributed by atoms with Crippen molar-refractivity contribution in [3.8, 4) is 23.0 Å². The quantitative estimate of drug-likeness (QED) is 0.126. The molecule has 0 unspecified atom stereocenters. The molecule has 0 spiro atoms. The van der Waals surface area contributed by atoms with Crippen molar-refractivity contribution in [1.82, 2.24) is 25.5 Å². The molecule has 0 aliphatic rings. The highest BCUT2D eigenvalue weighted by molar-refractivity contribution is 7.98. The highest BCUT2D eigenvalue weighted by Gasteiger charge is 2.20. The Balaban J connectivity index is 1.42. The van der Waals surface area contributed by atoms with Crippen LogP contribution in [-0.2, 0) is 22.4 Å². The maximum atomic E-state index is 13.0. The number of fused-ring (bicyclic) bond motifs is 1. The first kappa shape index (κ1) is 32.8. The Bertz CT molecular complexity index is 1960. The minimum absolute atomic E-state index is 0.0714. The van der Waals surface area contributed by atoms with E-state index in [0.717, 1.165) is 11.1 Å². The second-order valence-electron chi connectivity index (χ2n) is 10.6. The van der Waals surface area contributed by atoms with Gasteiger partial charge in [0.25, 0.3) is 11.8 Å². The Kier molecular flexibility index (Phi) is 10.2. The highest BCUT2D eigenvalue weighted by Crippen LogP contribution is 2.40. The molecule has 47 heavy (non-hydrogen) atoms. The van der Waals surface area contributed by atoms with E-state index < -0.39 is 11.9 Å². The zero-order valence-corrected chi connectivity index (χ0v) is 26.6. The number of nitrogens with one attached hydrogen (secondary N) is 2. The molecule has 0 aliphatic carbocycles. The molecule has 242 valence electrons. The van der Waals surface area contributed by atoms with Crippen molar-refractivity contribution in [2.75, 3.05) is 18.5 Å². The number of nitrogens with zero attached hydrogens (tertiary/aromatic N) is 4. The lowest BCUT2D eigenvalue weighted by atomic mass is 10.0. The van der Waals surface area contributed by atoms with Crippen molar-refractivity contribution in [3.63, 3.8) is 0 Å². The summed E-state index contributed by atoms with van der Waals surface area (Å²) in [7, 11) is 1.72. The Morgan fingerprint density at radius 3 is 2.45 bits per heavy atom. The molecule has 14 heteroatoms. The third kappa shape index (κ3) is 8.16. The average molecular weight is 657 g/mol. The molecule has 2 amide bonds. The largest absolute Gasteiger partial charge is 0.506 e. The number of rotatable bonds is 13. The number of tetrazole rings is 1. The van der Waals surface area contributed by atoms with Gasteiger partial charge in [0.05, 0.1) is 12.0 Å². The van der Waals surface area contributed by atoms with Gasteiger partial charge in [-0.25, -0.2) is 4.68 Å². The topological polar surface area (TPSA) is 178 Å². The van der Waals surface area contributed by atoms with E-state index in [2.05, 4.69) is 26.2 Å². The van der Waals surface area contributed by atoms with Gasteiger partial charge in [-0.2, -0.15) is 0 Å². The molecule has 0 atom stereocenters. The lowest BCUT2D eigenvalue weighted by molar-refractivity contribution is -0.136. The summed E-state index contributed by atoms with van der Waals surface area (Å²) in [5.74, 6) is -0.633. The zero-order valence-electron chi connectivity index (χ0n) is 25.8. The van der Waals surface area contributed by atoms with Gasteiger partial charge in [-0.3, -0.25) is 14.4 Å². The van der Waals surface area contributed by atoms with Gasteiger partial charge in [0.2, 0.25) is 5.16 Å². The van der Waals surface area contributed by atoms with E-state index in [1.165, 1.54) is 22.5 Å². The van der Waals surface area contributed by atoms with Crippen LogP contribution < -0.4 is 20.1 Å². The first-order valence-electron chi connectivity index (χ1n) is 14.5. The van der Waals surface area contributed by atoms with Gasteiger partial charge in [-0.05, 0) is 60.2 Å². The van der Waals surface area contributed by atoms with E-state index in [9.17, 15) is 19.5 Å². The second-order valence-corrected chi connectivity index (χ2v) is 11.6. The van der Waals surface area contributed by atoms with Crippen LogP contribution in [0.3, 0.4) is 0 Å². The van der Waals surface area contributed by atoms with Gasteiger partial charge in [-0.15, -0.1) is 5.10 Å². The molecule has 0 saturated carbocycles. The first-order valence-corrected chi connectivity index (χ1v) is 15.5. The Labute approximate surface area is 273 Å². The third-order valence-corrected chi connectivity index (χ3v) is 8.10. The number of amides is 2. The number of aromatic nitrogens is 4. The number of phenols is 1. The summed E-state index contributed by atoms with van der Waals surface area (Å²) in [5.41, 5.74) is 3.14. The zero-order chi connectivity index (χ0) is 33.5. The fourth-order valence-electron chi connectivity index (χ4n) is 4.74. The van der Waals surface area contributed by atoms with Gasteiger partial charge in [0.1, 0.15) is 23.0 Å². The van der Waals surface area contributed by atoms with Crippen LogP contribution in [0.15, 0.2) is 71.9 Å². The summed E-state index contributed by atoms with van der Waals surface area (Å²) in [5, 5.41) is 38.3. The highest BCUT2D eigenvalue weighted by atomic mass is 32.2. The van der Waals surface area contributed by atoms with Crippen LogP contribution in [0.2, 0.25) is 0 Å². The molecule has 1 aromatic heterocycles. The molecule has 4 N–H and O–H groups in total. The number of carbonyl (C=O) groups excluding carboxylic acids is 2. The normalized spacial score (nSPS) is 10.9. The Hall–Kier alpha value is -5.63. The van der Waals surface area contributed by atoms with Crippen LogP contribution in [0.1, 0.15) is 33.5 Å². The first-order chi connectivity index (χ1) is 22.6. The van der Waals surface area contributed by atoms with Crippen molar-refractivity contribution >= 4 is 46.0 Å². The van der Waals surface area contributed by atoms with Crippen molar-refractivity contribution < 1.29 is 34.1 Å². The maximum Gasteiger partial charge on any atom is 0.305 e. The molecule has 0 saturated heterocycles. The van der Waals surface area contributed by atoms with Gasteiger partial charge >= 0.3 is 5.97 Å². The molecule has 0 aliphatic heterocycles. The molecular weight excluding hydrogens is 624 g/mol. The van der Waals surface area contributed by atoms with Gasteiger partial charge in [-0.1, -0.05) is 53.7 Å². The number of hydrogen-bond donors (Lipinski definition) is 4. The number of hydrogen-bond acceptors (Lipinski definition) is 10. The monoisotopic (exact) mass is 656 g/mol. The van der Waals surface area contributed by atoms with Crippen molar-refractivity contribution in [2.45, 2.75) is 31.2 Å². The summed E-state index contributed by atoms with van der Waals surface area (Å²) in [6.45, 7) is 3.60. The van der Waals surface area contributed by atoms with E-state index >= 15 is 0 Å². The summed E-state index contributed by atoms with van der Waals surface area (Å²) < 4.78 is 13.7. The van der Waals surface area contributed by atoms with Gasteiger partial charge < -0.3 is 30.3 Å². The van der Waals surface area contributed by atoms with Crippen LogP contribution in [0, 0.1) is 13.8 Å². The summed E-state index contributed by atoms with van der Waals surface area (Å²) in [6, 6.07) is 19.2. The summed E-state index contributed by atoms with van der Waals surface area (Å²) in [4.78, 5) is 36.7. The Morgan fingerprint density at radius 2 is 1.72 bits per heavy atom. The number of aromatic hydroxyl groups is 1. The summed E-state index contributed by atoms with van der Waals surface area (Å²) in [6.07, 6.45) is -0.272. The number of carboxylic acid groups (broad SMARTS) is 1. The maximum absolute atomic E-state index is 13.0. The van der Waals surface area contributed by atoms with Crippen LogP contribution in [0.5, 0.6) is 23.0 Å². The van der Waals surface area contributed by atoms with Crippen LogP contribution in [0.4, 0.5) is 5.69 Å². The predicted molar refractivity (Wildman–Crippen MR) is 175 cm³/mol. The Morgan fingerprint density at radius 1 is 0.957 bits per heavy atom. The number of anilines is 1. The molecule has 0 bridgehead atoms. The number of phenolic OH excluding ortho intramolecular Hbond substituents is 1. The smallest absolute Gasteiger partial charge is 0.305 e. The van der Waals surface area contributed by atoms with E-state index in [1.807, 2.05) is 32.0 Å². The van der Waals surface area contributed by atoms with Crippen molar-refractivity contribution in [2.24, 2.45) is 7.05 Å². The van der Waals surface area contributed by atoms with Crippen molar-refractivity contribution in [1.29, 1.82) is 0 Å². The molecule has 4 aromatic carbocycles. The average Bonchev–Trinajstić information content (AvgIpc) is 3.45. The number of aliphatic carboxylic acids is 1. The van der Waals surface area contributed by atoms with Crippen LogP contribution >= 0.6 is 11.8 Å². The van der Waals surface area contributed by atoms with Crippen molar-refractivity contribution in [3.05, 3.63) is 89.0 Å². The third-order valence-electron chi connectivity index (χ3n) is 7.04. The standard InChI is InChI=1S/C33H32N6O7S/c1-19-8-10-26(20(2)14-19)45-17-29(40)35-22-9-11-27(21(15-22)18-47-33-36-37-38-39(33)3)46-28-16-25(32(44)34-13-12-30(41)42)31(43)24-7-5-4-6-23(24)28/h4-11,14-16,43H,12-13,17-18H2,1-3H3,(H,34,44)(H,35,40)(H,41,42). The molecule has 13 nitrogen and oxygen atoms in total. The van der Waals surface area contributed by atoms with E-state index in [1.54, 1.807) is 49.5 Å². The SMILES string of the molecule is Cc1ccc(OCC(=O)Nc2ccc(Oc3cc(C(=O)NCCC(=O)O)c(O)c4ccccc34)c(CSc3nnnn3C)c2)c(C)c1. The minimum atomic E-state index is -1.06. The van der Waals surface area contributed by atoms with E-state index in [4.69, 9.17) is 14.6 Å². The fourth-order valence-corrected chi connectivity index (χ4v) is 5.57. The molecule has 0 radical (unpaired) electrons. The molecule has 1 heterocycles. The van der Waals surface area contributed by atoms with E-state index in [0.29, 0.717) is 44.4 Å². The predicted octanol–water partition coefficient (Wildman–Crippen LogP) is 4.99. The molecule has 5 aromatic rings. The molecular formula is C33H32N6O7S. The number of thioether (sulfide) groups is 1. The van der Waals surface area contributed by atoms with Crippen LogP contribution in [0.25, 0.3) is 10.8 Å². The minimum Gasteiger partial charge on any atom is -0.506 e. The second kappa shape index (κ2) is 14.6. The van der Waals surface area contributed by atoms with E-state index in [-0.39, 0.29) is 42.5 Å². The van der Waals surface area contributed by atoms with Crippen LogP contribution in [-0.4, -0.2) is 61.4 Å². The fraction of sp³-hybridized carbons (Fsp3) is 0.212.